The molecule has 1 fully saturated rings. The number of halogens is 1. The standard InChI is InChI=1S/C9H11ClN4O3/c10-9-11-4-7(14(16)17)8(12-9)13-3-1-2-6(13)5-15/h4,6,15H,1-3,5H2. The van der Waals surface area contributed by atoms with E-state index in [9.17, 15) is 15.2 Å². The van der Waals surface area contributed by atoms with Crippen molar-refractivity contribution in [2.24, 2.45) is 0 Å². The van der Waals surface area contributed by atoms with E-state index in [4.69, 9.17) is 11.6 Å². The van der Waals surface area contributed by atoms with Gasteiger partial charge >= 0.3 is 5.69 Å². The molecule has 2 rings (SSSR count). The van der Waals surface area contributed by atoms with E-state index in [1.165, 1.54) is 0 Å². The van der Waals surface area contributed by atoms with Crippen molar-refractivity contribution >= 4 is 23.1 Å². The predicted octanol–water partition coefficient (Wildman–Crippen LogP) is 0.999. The molecule has 1 aromatic rings. The Kier molecular flexibility index (Phi) is 3.39. The van der Waals surface area contributed by atoms with Crippen LogP contribution >= 0.6 is 11.6 Å². The molecule has 0 spiro atoms. The largest absolute Gasteiger partial charge is 0.394 e. The minimum Gasteiger partial charge on any atom is -0.394 e. The Morgan fingerprint density at radius 2 is 2.47 bits per heavy atom. The second kappa shape index (κ2) is 4.80. The molecule has 1 aliphatic rings. The average Bonchev–Trinajstić information content (AvgIpc) is 2.76. The van der Waals surface area contributed by atoms with E-state index in [-0.39, 0.29) is 29.4 Å². The van der Waals surface area contributed by atoms with E-state index in [1.807, 2.05) is 0 Å². The monoisotopic (exact) mass is 258 g/mol. The molecule has 1 atom stereocenters. The molecule has 8 heteroatoms. The summed E-state index contributed by atoms with van der Waals surface area (Å²) >= 11 is 5.66. The number of nitro groups is 1. The first-order valence-corrected chi connectivity index (χ1v) is 5.55. The van der Waals surface area contributed by atoms with Crippen molar-refractivity contribution in [3.8, 4) is 0 Å². The lowest BCUT2D eigenvalue weighted by atomic mass is 10.2. The number of anilines is 1. The van der Waals surface area contributed by atoms with E-state index >= 15 is 0 Å². The van der Waals surface area contributed by atoms with Crippen LogP contribution in [-0.2, 0) is 0 Å². The maximum absolute atomic E-state index is 10.9. The van der Waals surface area contributed by atoms with E-state index in [1.54, 1.807) is 4.90 Å². The summed E-state index contributed by atoms with van der Waals surface area (Å²) in [7, 11) is 0. The maximum Gasteiger partial charge on any atom is 0.329 e. The van der Waals surface area contributed by atoms with Gasteiger partial charge in [0, 0.05) is 6.54 Å². The van der Waals surface area contributed by atoms with Crippen LogP contribution in [0.3, 0.4) is 0 Å². The number of nitrogens with zero attached hydrogens (tertiary/aromatic N) is 4. The van der Waals surface area contributed by atoms with Crippen LogP contribution in [0.1, 0.15) is 12.8 Å². The first kappa shape index (κ1) is 12.0. The number of aromatic nitrogens is 2. The van der Waals surface area contributed by atoms with Gasteiger partial charge in [0.1, 0.15) is 6.20 Å². The number of aliphatic hydroxyl groups is 1. The summed E-state index contributed by atoms with van der Waals surface area (Å²) in [6, 6.07) is -0.139. The third-order valence-corrected chi connectivity index (χ3v) is 2.96. The molecule has 1 aromatic heterocycles. The van der Waals surface area contributed by atoms with E-state index in [2.05, 4.69) is 9.97 Å². The second-order valence-electron chi connectivity index (χ2n) is 3.78. The number of hydrogen-bond donors (Lipinski definition) is 1. The maximum atomic E-state index is 10.9. The highest BCUT2D eigenvalue weighted by Crippen LogP contribution is 2.31. The summed E-state index contributed by atoms with van der Waals surface area (Å²) in [5.74, 6) is 0.187. The molecule has 1 saturated heterocycles. The fraction of sp³-hybridized carbons (Fsp3) is 0.556. The smallest absolute Gasteiger partial charge is 0.329 e. The summed E-state index contributed by atoms with van der Waals surface area (Å²) < 4.78 is 0. The topological polar surface area (TPSA) is 92.4 Å². The van der Waals surface area contributed by atoms with Crippen molar-refractivity contribution in [1.29, 1.82) is 0 Å². The van der Waals surface area contributed by atoms with Gasteiger partial charge in [0.05, 0.1) is 17.6 Å². The third kappa shape index (κ3) is 2.29. The predicted molar refractivity (Wildman–Crippen MR) is 61.2 cm³/mol. The van der Waals surface area contributed by atoms with Crippen molar-refractivity contribution in [2.45, 2.75) is 18.9 Å². The minimum absolute atomic E-state index is 0.0332. The Morgan fingerprint density at radius 1 is 1.71 bits per heavy atom. The molecule has 0 aromatic carbocycles. The second-order valence-corrected chi connectivity index (χ2v) is 4.12. The Labute approximate surface area is 102 Å². The average molecular weight is 259 g/mol. The highest BCUT2D eigenvalue weighted by molar-refractivity contribution is 6.28. The van der Waals surface area contributed by atoms with Crippen molar-refractivity contribution in [3.05, 3.63) is 21.6 Å². The SMILES string of the molecule is O=[N+]([O-])c1cnc(Cl)nc1N1CCCC1CO. The fourth-order valence-electron chi connectivity index (χ4n) is 1.99. The highest BCUT2D eigenvalue weighted by Gasteiger charge is 2.31. The fourth-order valence-corrected chi connectivity index (χ4v) is 2.12. The van der Waals surface area contributed by atoms with Crippen molar-refractivity contribution in [3.63, 3.8) is 0 Å². The first-order chi connectivity index (χ1) is 8.13. The lowest BCUT2D eigenvalue weighted by Gasteiger charge is -2.23. The van der Waals surface area contributed by atoms with Crippen LogP contribution in [0.15, 0.2) is 6.20 Å². The van der Waals surface area contributed by atoms with Gasteiger partial charge in [-0.3, -0.25) is 10.1 Å². The minimum atomic E-state index is -0.543. The van der Waals surface area contributed by atoms with Crippen LogP contribution in [0, 0.1) is 10.1 Å². The van der Waals surface area contributed by atoms with Crippen LogP contribution < -0.4 is 4.90 Å². The van der Waals surface area contributed by atoms with Gasteiger partial charge in [-0.1, -0.05) is 0 Å². The molecule has 0 bridgehead atoms. The van der Waals surface area contributed by atoms with Crippen LogP contribution in [0.2, 0.25) is 5.28 Å². The van der Waals surface area contributed by atoms with Crippen LogP contribution in [-0.4, -0.2) is 39.2 Å². The molecule has 0 amide bonds. The van der Waals surface area contributed by atoms with Crippen LogP contribution in [0.4, 0.5) is 11.5 Å². The molecule has 2 heterocycles. The molecular formula is C9H11ClN4O3. The van der Waals surface area contributed by atoms with Crippen LogP contribution in [0.25, 0.3) is 0 Å². The van der Waals surface area contributed by atoms with Crippen molar-refractivity contribution < 1.29 is 10.0 Å². The molecule has 17 heavy (non-hydrogen) atoms. The molecule has 7 nitrogen and oxygen atoms in total. The Bertz CT molecular complexity index is 442. The van der Waals surface area contributed by atoms with Gasteiger partial charge in [-0.25, -0.2) is 4.98 Å². The van der Waals surface area contributed by atoms with Crippen LogP contribution in [0.5, 0.6) is 0 Å². The molecule has 0 saturated carbocycles. The van der Waals surface area contributed by atoms with Gasteiger partial charge in [0.15, 0.2) is 0 Å². The number of rotatable bonds is 3. The highest BCUT2D eigenvalue weighted by atomic mass is 35.5. The molecule has 1 aliphatic heterocycles. The summed E-state index contributed by atoms with van der Waals surface area (Å²) in [5.41, 5.74) is -0.185. The molecular weight excluding hydrogens is 248 g/mol. The Hall–Kier alpha value is -1.47. The Morgan fingerprint density at radius 3 is 3.12 bits per heavy atom. The van der Waals surface area contributed by atoms with Gasteiger partial charge < -0.3 is 10.0 Å². The zero-order valence-corrected chi connectivity index (χ0v) is 9.67. The van der Waals surface area contributed by atoms with E-state index in [0.29, 0.717) is 6.54 Å². The lowest BCUT2D eigenvalue weighted by Crippen LogP contribution is -2.33. The van der Waals surface area contributed by atoms with Crippen molar-refractivity contribution in [1.82, 2.24) is 9.97 Å². The van der Waals surface area contributed by atoms with Gasteiger partial charge in [0.2, 0.25) is 11.1 Å². The van der Waals surface area contributed by atoms with Gasteiger partial charge in [-0.2, -0.15) is 4.98 Å². The quantitative estimate of drug-likeness (QED) is 0.494. The van der Waals surface area contributed by atoms with Crippen molar-refractivity contribution in [2.75, 3.05) is 18.1 Å². The first-order valence-electron chi connectivity index (χ1n) is 5.18. The molecule has 0 aliphatic carbocycles. The summed E-state index contributed by atoms with van der Waals surface area (Å²) in [6.07, 6.45) is 2.75. The third-order valence-electron chi connectivity index (χ3n) is 2.78. The van der Waals surface area contributed by atoms with Gasteiger partial charge in [0.25, 0.3) is 0 Å². The molecule has 1 N–H and O–H groups in total. The number of aliphatic hydroxyl groups excluding tert-OH is 1. The Balaban J connectivity index is 2.42. The molecule has 0 radical (unpaired) electrons. The zero-order chi connectivity index (χ0) is 12.4. The number of hydrogen-bond acceptors (Lipinski definition) is 6. The summed E-state index contributed by atoms with van der Waals surface area (Å²) in [5, 5.41) is 20.1. The molecule has 92 valence electrons. The zero-order valence-electron chi connectivity index (χ0n) is 8.91. The molecule has 1 unspecified atom stereocenters. The summed E-state index contributed by atoms with van der Waals surface area (Å²) in [6.45, 7) is 0.568. The van der Waals surface area contributed by atoms with E-state index in [0.717, 1.165) is 19.0 Å². The van der Waals surface area contributed by atoms with E-state index < -0.39 is 4.92 Å². The normalized spacial score (nSPS) is 19.6. The van der Waals surface area contributed by atoms with Gasteiger partial charge in [-0.05, 0) is 24.4 Å². The summed E-state index contributed by atoms with van der Waals surface area (Å²) in [4.78, 5) is 19.6. The van der Waals surface area contributed by atoms with Gasteiger partial charge in [-0.15, -0.1) is 0 Å². The lowest BCUT2D eigenvalue weighted by molar-refractivity contribution is -0.384.